The lowest BCUT2D eigenvalue weighted by Crippen LogP contribution is -2.37. The topological polar surface area (TPSA) is 49.4 Å². The first-order valence-corrected chi connectivity index (χ1v) is 8.32. The van der Waals surface area contributed by atoms with Crippen molar-refractivity contribution >= 4 is 11.8 Å². The SMILES string of the molecule is Cc1cc(C)cc(C(=O)NC2CC(=O)N(Cc3ccc(F)cc3)C2)c1. The number of amides is 2. The zero-order valence-corrected chi connectivity index (χ0v) is 14.4. The Hall–Kier alpha value is -2.69. The van der Waals surface area contributed by atoms with Gasteiger partial charge in [0.15, 0.2) is 0 Å². The Morgan fingerprint density at radius 2 is 1.80 bits per heavy atom. The summed E-state index contributed by atoms with van der Waals surface area (Å²) in [6, 6.07) is 11.6. The van der Waals surface area contributed by atoms with Gasteiger partial charge in [-0.2, -0.15) is 0 Å². The molecule has 130 valence electrons. The number of aryl methyl sites for hydroxylation is 2. The van der Waals surface area contributed by atoms with Crippen LogP contribution in [-0.4, -0.2) is 29.3 Å². The molecule has 5 heteroatoms. The number of hydrogen-bond donors (Lipinski definition) is 1. The molecule has 1 atom stereocenters. The lowest BCUT2D eigenvalue weighted by Gasteiger charge is -2.17. The van der Waals surface area contributed by atoms with E-state index in [0.717, 1.165) is 16.7 Å². The van der Waals surface area contributed by atoms with Crippen LogP contribution in [0.15, 0.2) is 42.5 Å². The molecule has 1 aliphatic rings. The van der Waals surface area contributed by atoms with Crippen molar-refractivity contribution in [2.75, 3.05) is 6.54 Å². The van der Waals surface area contributed by atoms with E-state index in [4.69, 9.17) is 0 Å². The maximum Gasteiger partial charge on any atom is 0.251 e. The molecule has 1 heterocycles. The summed E-state index contributed by atoms with van der Waals surface area (Å²) in [7, 11) is 0. The third-order valence-electron chi connectivity index (χ3n) is 4.32. The van der Waals surface area contributed by atoms with Crippen LogP contribution < -0.4 is 5.32 Å². The lowest BCUT2D eigenvalue weighted by atomic mass is 10.1. The number of benzene rings is 2. The number of rotatable bonds is 4. The van der Waals surface area contributed by atoms with Crippen molar-refractivity contribution in [1.82, 2.24) is 10.2 Å². The smallest absolute Gasteiger partial charge is 0.251 e. The zero-order chi connectivity index (χ0) is 18.0. The summed E-state index contributed by atoms with van der Waals surface area (Å²) in [6.45, 7) is 4.79. The van der Waals surface area contributed by atoms with E-state index in [-0.39, 0.29) is 30.1 Å². The van der Waals surface area contributed by atoms with Crippen molar-refractivity contribution < 1.29 is 14.0 Å². The van der Waals surface area contributed by atoms with Gasteiger partial charge in [-0.25, -0.2) is 4.39 Å². The quantitative estimate of drug-likeness (QED) is 0.930. The van der Waals surface area contributed by atoms with Gasteiger partial charge in [-0.05, 0) is 43.7 Å². The first-order valence-electron chi connectivity index (χ1n) is 8.32. The minimum absolute atomic E-state index is 0.00459. The predicted molar refractivity (Wildman–Crippen MR) is 93.6 cm³/mol. The molecule has 0 saturated carbocycles. The van der Waals surface area contributed by atoms with Crippen LogP contribution in [-0.2, 0) is 11.3 Å². The largest absolute Gasteiger partial charge is 0.347 e. The summed E-state index contributed by atoms with van der Waals surface area (Å²) < 4.78 is 13.0. The minimum Gasteiger partial charge on any atom is -0.347 e. The molecule has 0 aromatic heterocycles. The number of carbonyl (C=O) groups is 2. The van der Waals surface area contributed by atoms with E-state index in [0.29, 0.717) is 18.7 Å². The van der Waals surface area contributed by atoms with Crippen LogP contribution in [0.5, 0.6) is 0 Å². The van der Waals surface area contributed by atoms with Crippen molar-refractivity contribution in [3.8, 4) is 0 Å². The van der Waals surface area contributed by atoms with Crippen LogP contribution in [0.4, 0.5) is 4.39 Å². The fraction of sp³-hybridized carbons (Fsp3) is 0.300. The molecule has 2 aromatic rings. The Balaban J connectivity index is 1.62. The van der Waals surface area contributed by atoms with Crippen molar-refractivity contribution in [3.63, 3.8) is 0 Å². The maximum absolute atomic E-state index is 13.0. The molecule has 4 nitrogen and oxygen atoms in total. The predicted octanol–water partition coefficient (Wildman–Crippen LogP) is 2.97. The number of likely N-dealkylation sites (tertiary alicyclic amines) is 1. The van der Waals surface area contributed by atoms with Gasteiger partial charge in [0.1, 0.15) is 5.82 Å². The van der Waals surface area contributed by atoms with Gasteiger partial charge >= 0.3 is 0 Å². The third kappa shape index (κ3) is 4.24. The second-order valence-corrected chi connectivity index (χ2v) is 6.65. The Bertz CT molecular complexity index is 782. The van der Waals surface area contributed by atoms with Gasteiger partial charge in [-0.1, -0.05) is 29.3 Å². The minimum atomic E-state index is -0.296. The standard InChI is InChI=1S/C20H21FN2O2/c1-13-7-14(2)9-16(8-13)20(25)22-18-10-19(24)23(12-18)11-15-3-5-17(21)6-4-15/h3-9,18H,10-12H2,1-2H3,(H,22,25). The van der Waals surface area contributed by atoms with E-state index in [1.54, 1.807) is 17.0 Å². The van der Waals surface area contributed by atoms with Crippen LogP contribution >= 0.6 is 0 Å². The number of nitrogens with one attached hydrogen (secondary N) is 1. The number of nitrogens with zero attached hydrogens (tertiary/aromatic N) is 1. The van der Waals surface area contributed by atoms with Crippen LogP contribution in [0.1, 0.15) is 33.5 Å². The zero-order valence-electron chi connectivity index (χ0n) is 14.4. The molecule has 1 fully saturated rings. The Kier molecular flexibility index (Phi) is 4.83. The second-order valence-electron chi connectivity index (χ2n) is 6.65. The normalized spacial score (nSPS) is 17.0. The lowest BCUT2D eigenvalue weighted by molar-refractivity contribution is -0.128. The van der Waals surface area contributed by atoms with E-state index >= 15 is 0 Å². The summed E-state index contributed by atoms with van der Waals surface area (Å²) in [4.78, 5) is 26.3. The fourth-order valence-corrected chi connectivity index (χ4v) is 3.21. The van der Waals surface area contributed by atoms with Crippen LogP contribution in [0.2, 0.25) is 0 Å². The first-order chi connectivity index (χ1) is 11.9. The summed E-state index contributed by atoms with van der Waals surface area (Å²) in [6.07, 6.45) is 0.289. The van der Waals surface area contributed by atoms with Crippen molar-refractivity contribution in [2.45, 2.75) is 32.9 Å². The summed E-state index contributed by atoms with van der Waals surface area (Å²) in [5, 5.41) is 2.94. The highest BCUT2D eigenvalue weighted by Gasteiger charge is 2.30. The molecule has 2 aromatic carbocycles. The van der Waals surface area contributed by atoms with Crippen molar-refractivity contribution in [2.24, 2.45) is 0 Å². The van der Waals surface area contributed by atoms with Crippen LogP contribution in [0, 0.1) is 19.7 Å². The van der Waals surface area contributed by atoms with Crippen molar-refractivity contribution in [1.29, 1.82) is 0 Å². The van der Waals surface area contributed by atoms with Crippen LogP contribution in [0.3, 0.4) is 0 Å². The van der Waals surface area contributed by atoms with Gasteiger partial charge in [0, 0.05) is 25.1 Å². The van der Waals surface area contributed by atoms with Gasteiger partial charge in [0.25, 0.3) is 5.91 Å². The molecule has 0 bridgehead atoms. The molecule has 0 aliphatic carbocycles. The molecule has 1 N–H and O–H groups in total. The highest BCUT2D eigenvalue weighted by molar-refractivity contribution is 5.95. The van der Waals surface area contributed by atoms with E-state index < -0.39 is 0 Å². The van der Waals surface area contributed by atoms with E-state index in [2.05, 4.69) is 5.32 Å². The maximum atomic E-state index is 13.0. The van der Waals surface area contributed by atoms with E-state index in [1.165, 1.54) is 12.1 Å². The molecule has 0 spiro atoms. The molecule has 25 heavy (non-hydrogen) atoms. The Labute approximate surface area is 146 Å². The summed E-state index contributed by atoms with van der Waals surface area (Å²) in [5.41, 5.74) is 3.55. The molecular weight excluding hydrogens is 319 g/mol. The van der Waals surface area contributed by atoms with Crippen LogP contribution in [0.25, 0.3) is 0 Å². The average molecular weight is 340 g/mol. The van der Waals surface area contributed by atoms with Gasteiger partial charge in [0.2, 0.25) is 5.91 Å². The molecule has 3 rings (SSSR count). The molecule has 1 aliphatic heterocycles. The number of carbonyl (C=O) groups excluding carboxylic acids is 2. The molecule has 1 saturated heterocycles. The Morgan fingerprint density at radius 1 is 1.16 bits per heavy atom. The number of halogens is 1. The molecule has 1 unspecified atom stereocenters. The fourth-order valence-electron chi connectivity index (χ4n) is 3.21. The van der Waals surface area contributed by atoms with E-state index in [1.807, 2.05) is 32.0 Å². The third-order valence-corrected chi connectivity index (χ3v) is 4.32. The molecular formula is C20H21FN2O2. The van der Waals surface area contributed by atoms with Crippen molar-refractivity contribution in [3.05, 3.63) is 70.5 Å². The first kappa shape index (κ1) is 17.1. The Morgan fingerprint density at radius 3 is 2.44 bits per heavy atom. The summed E-state index contributed by atoms with van der Waals surface area (Å²) >= 11 is 0. The van der Waals surface area contributed by atoms with Gasteiger partial charge in [0.05, 0.1) is 6.04 Å². The highest BCUT2D eigenvalue weighted by Crippen LogP contribution is 2.17. The molecule has 2 amide bonds. The molecule has 0 radical (unpaired) electrons. The number of hydrogen-bond acceptors (Lipinski definition) is 2. The van der Waals surface area contributed by atoms with Gasteiger partial charge in [-0.3, -0.25) is 9.59 Å². The van der Waals surface area contributed by atoms with Gasteiger partial charge in [-0.15, -0.1) is 0 Å². The average Bonchev–Trinajstić information content (AvgIpc) is 2.88. The second kappa shape index (κ2) is 7.05. The van der Waals surface area contributed by atoms with Gasteiger partial charge < -0.3 is 10.2 Å². The summed E-state index contributed by atoms with van der Waals surface area (Å²) in [5.74, 6) is -0.460. The van der Waals surface area contributed by atoms with E-state index in [9.17, 15) is 14.0 Å². The highest BCUT2D eigenvalue weighted by atomic mass is 19.1. The monoisotopic (exact) mass is 340 g/mol.